The average molecular weight is 331 g/mol. The molecule has 0 radical (unpaired) electrons. The van der Waals surface area contributed by atoms with Gasteiger partial charge in [0.05, 0.1) is 11.9 Å². The number of hydrogen-bond donors (Lipinski definition) is 1. The Labute approximate surface area is 134 Å². The van der Waals surface area contributed by atoms with E-state index in [-0.39, 0.29) is 5.60 Å². The molecule has 3 aliphatic rings. The van der Waals surface area contributed by atoms with E-state index >= 15 is 0 Å². The SMILES string of the molecule is CS(=O)(=O)N1CCN(CCNC2CCOC23CCCC3)CC1. The first-order valence-corrected chi connectivity index (χ1v) is 10.4. The van der Waals surface area contributed by atoms with Crippen molar-refractivity contribution in [2.45, 2.75) is 43.7 Å². The summed E-state index contributed by atoms with van der Waals surface area (Å²) in [5.74, 6) is 0. The van der Waals surface area contributed by atoms with Gasteiger partial charge in [0.2, 0.25) is 10.0 Å². The minimum atomic E-state index is -3.02. The van der Waals surface area contributed by atoms with Gasteiger partial charge in [-0.15, -0.1) is 0 Å². The fourth-order valence-corrected chi connectivity index (χ4v) is 5.01. The van der Waals surface area contributed by atoms with Crippen LogP contribution < -0.4 is 5.32 Å². The van der Waals surface area contributed by atoms with E-state index < -0.39 is 10.0 Å². The fraction of sp³-hybridized carbons (Fsp3) is 1.00. The number of rotatable bonds is 5. The van der Waals surface area contributed by atoms with Gasteiger partial charge in [0.1, 0.15) is 0 Å². The molecule has 2 saturated heterocycles. The predicted octanol–water partition coefficient (Wildman–Crippen LogP) is 0.255. The molecule has 2 heterocycles. The first kappa shape index (κ1) is 16.6. The van der Waals surface area contributed by atoms with Crippen LogP contribution in [-0.2, 0) is 14.8 Å². The average Bonchev–Trinajstić information content (AvgIpc) is 3.10. The summed E-state index contributed by atoms with van der Waals surface area (Å²) in [6.07, 6.45) is 7.43. The van der Waals surface area contributed by atoms with Crippen LogP contribution in [-0.4, -0.2) is 81.4 Å². The number of ether oxygens (including phenoxy) is 1. The number of hydrogen-bond acceptors (Lipinski definition) is 5. The largest absolute Gasteiger partial charge is 0.373 e. The number of nitrogens with one attached hydrogen (secondary N) is 1. The maximum Gasteiger partial charge on any atom is 0.211 e. The molecular weight excluding hydrogens is 302 g/mol. The summed E-state index contributed by atoms with van der Waals surface area (Å²) in [5.41, 5.74) is 0.120. The molecular formula is C15H29N3O3S. The molecule has 128 valence electrons. The van der Waals surface area contributed by atoms with E-state index in [1.165, 1.54) is 31.9 Å². The molecule has 6 nitrogen and oxygen atoms in total. The summed E-state index contributed by atoms with van der Waals surface area (Å²) < 4.78 is 30.6. The molecule has 1 aliphatic carbocycles. The summed E-state index contributed by atoms with van der Waals surface area (Å²) in [7, 11) is -3.02. The van der Waals surface area contributed by atoms with Gasteiger partial charge in [0.25, 0.3) is 0 Å². The first-order valence-electron chi connectivity index (χ1n) is 8.54. The van der Waals surface area contributed by atoms with Crippen LogP contribution in [0.25, 0.3) is 0 Å². The van der Waals surface area contributed by atoms with Crippen molar-refractivity contribution < 1.29 is 13.2 Å². The van der Waals surface area contributed by atoms with Crippen LogP contribution in [0.15, 0.2) is 0 Å². The molecule has 0 bridgehead atoms. The Morgan fingerprint density at radius 1 is 1.18 bits per heavy atom. The van der Waals surface area contributed by atoms with Gasteiger partial charge < -0.3 is 10.1 Å². The maximum absolute atomic E-state index is 11.5. The van der Waals surface area contributed by atoms with Crippen molar-refractivity contribution in [1.82, 2.24) is 14.5 Å². The molecule has 2 aliphatic heterocycles. The van der Waals surface area contributed by atoms with Crippen molar-refractivity contribution >= 4 is 10.0 Å². The lowest BCUT2D eigenvalue weighted by Crippen LogP contribution is -2.52. The number of nitrogens with zero attached hydrogens (tertiary/aromatic N) is 2. The Hall–Kier alpha value is -0.210. The Morgan fingerprint density at radius 3 is 2.50 bits per heavy atom. The van der Waals surface area contributed by atoms with E-state index in [1.807, 2.05) is 0 Å². The summed E-state index contributed by atoms with van der Waals surface area (Å²) in [6, 6.07) is 0.507. The first-order chi connectivity index (χ1) is 10.5. The van der Waals surface area contributed by atoms with Gasteiger partial charge in [-0.05, 0) is 19.3 Å². The van der Waals surface area contributed by atoms with Gasteiger partial charge in [-0.1, -0.05) is 12.8 Å². The highest BCUT2D eigenvalue weighted by atomic mass is 32.2. The minimum absolute atomic E-state index is 0.120. The van der Waals surface area contributed by atoms with Crippen LogP contribution >= 0.6 is 0 Å². The second-order valence-corrected chi connectivity index (χ2v) is 8.90. The third-order valence-corrected chi connectivity index (χ3v) is 6.80. The van der Waals surface area contributed by atoms with E-state index in [9.17, 15) is 8.42 Å². The topological polar surface area (TPSA) is 61.9 Å². The Balaban J connectivity index is 1.39. The van der Waals surface area contributed by atoms with Crippen molar-refractivity contribution in [2.24, 2.45) is 0 Å². The Morgan fingerprint density at radius 2 is 1.86 bits per heavy atom. The van der Waals surface area contributed by atoms with Crippen molar-refractivity contribution in [3.8, 4) is 0 Å². The molecule has 7 heteroatoms. The summed E-state index contributed by atoms with van der Waals surface area (Å²) in [5, 5.41) is 3.70. The zero-order valence-corrected chi connectivity index (χ0v) is 14.4. The van der Waals surface area contributed by atoms with Gasteiger partial charge >= 0.3 is 0 Å². The Bertz CT molecular complexity index is 463. The maximum atomic E-state index is 11.5. The van der Waals surface area contributed by atoms with Crippen LogP contribution in [0.3, 0.4) is 0 Å². The van der Waals surface area contributed by atoms with Gasteiger partial charge in [0.15, 0.2) is 0 Å². The van der Waals surface area contributed by atoms with Gasteiger partial charge in [-0.2, -0.15) is 4.31 Å². The molecule has 0 aromatic rings. The van der Waals surface area contributed by atoms with E-state index in [0.29, 0.717) is 19.1 Å². The van der Waals surface area contributed by atoms with Crippen LogP contribution in [0.4, 0.5) is 0 Å². The van der Waals surface area contributed by atoms with Crippen LogP contribution in [0, 0.1) is 0 Å². The molecule has 0 aromatic carbocycles. The summed E-state index contributed by atoms with van der Waals surface area (Å²) in [6.45, 7) is 5.76. The quantitative estimate of drug-likeness (QED) is 0.783. The molecule has 0 aromatic heterocycles. The van der Waals surface area contributed by atoms with Crippen molar-refractivity contribution in [2.75, 3.05) is 52.1 Å². The van der Waals surface area contributed by atoms with E-state index in [4.69, 9.17) is 4.74 Å². The lowest BCUT2D eigenvalue weighted by molar-refractivity contribution is -0.00492. The smallest absolute Gasteiger partial charge is 0.211 e. The van der Waals surface area contributed by atoms with E-state index in [0.717, 1.165) is 39.2 Å². The lowest BCUT2D eigenvalue weighted by Gasteiger charge is -2.34. The van der Waals surface area contributed by atoms with E-state index in [1.54, 1.807) is 4.31 Å². The molecule has 0 amide bonds. The fourth-order valence-electron chi connectivity index (χ4n) is 4.18. The van der Waals surface area contributed by atoms with Crippen LogP contribution in [0.2, 0.25) is 0 Å². The zero-order chi connectivity index (χ0) is 15.6. The molecule has 3 fully saturated rings. The monoisotopic (exact) mass is 331 g/mol. The molecule has 3 rings (SSSR count). The molecule has 1 unspecified atom stereocenters. The number of sulfonamides is 1. The normalized spacial score (nSPS) is 30.3. The van der Waals surface area contributed by atoms with Crippen LogP contribution in [0.1, 0.15) is 32.1 Å². The van der Waals surface area contributed by atoms with Crippen molar-refractivity contribution in [3.05, 3.63) is 0 Å². The third kappa shape index (κ3) is 3.64. The second-order valence-electron chi connectivity index (χ2n) is 6.92. The number of piperazine rings is 1. The van der Waals surface area contributed by atoms with Crippen LogP contribution in [0.5, 0.6) is 0 Å². The molecule has 1 N–H and O–H groups in total. The standard InChI is InChI=1S/C15H29N3O3S/c1-22(19,20)18-11-9-17(10-12-18)8-7-16-14-4-13-21-15(14)5-2-3-6-15/h14,16H,2-13H2,1H3. The highest BCUT2D eigenvalue weighted by Crippen LogP contribution is 2.40. The van der Waals surface area contributed by atoms with Crippen molar-refractivity contribution in [1.29, 1.82) is 0 Å². The molecule has 1 saturated carbocycles. The zero-order valence-electron chi connectivity index (χ0n) is 13.6. The highest BCUT2D eigenvalue weighted by molar-refractivity contribution is 7.88. The minimum Gasteiger partial charge on any atom is -0.373 e. The molecule has 1 spiro atoms. The highest BCUT2D eigenvalue weighted by Gasteiger charge is 2.45. The van der Waals surface area contributed by atoms with Gasteiger partial charge in [-0.25, -0.2) is 8.42 Å². The van der Waals surface area contributed by atoms with Gasteiger partial charge in [-0.3, -0.25) is 4.90 Å². The Kier molecular flexibility index (Phi) is 5.09. The molecule has 22 heavy (non-hydrogen) atoms. The molecule has 1 atom stereocenters. The van der Waals surface area contributed by atoms with Gasteiger partial charge in [0, 0.05) is 51.9 Å². The third-order valence-electron chi connectivity index (χ3n) is 5.50. The van der Waals surface area contributed by atoms with Crippen molar-refractivity contribution in [3.63, 3.8) is 0 Å². The predicted molar refractivity (Wildman–Crippen MR) is 86.4 cm³/mol. The second kappa shape index (κ2) is 6.73. The lowest BCUT2D eigenvalue weighted by atomic mass is 9.92. The summed E-state index contributed by atoms with van der Waals surface area (Å²) >= 11 is 0. The summed E-state index contributed by atoms with van der Waals surface area (Å²) in [4.78, 5) is 2.35. The van der Waals surface area contributed by atoms with E-state index in [2.05, 4.69) is 10.2 Å².